The molecule has 5 heteroatoms. The number of amides is 3. The van der Waals surface area contributed by atoms with Gasteiger partial charge in [-0.15, -0.1) is 0 Å². The number of aryl methyl sites for hydroxylation is 1. The lowest BCUT2D eigenvalue weighted by Gasteiger charge is -2.23. The number of nitrogens with one attached hydrogen (secondary N) is 1. The molecule has 0 saturated carbocycles. The summed E-state index contributed by atoms with van der Waals surface area (Å²) in [4.78, 5) is 25.8. The standard InChI is InChI=1S/C18H26N2O3/c1-5-14-7-6-8-15(11-14)23-10-9-20-16(21)18(4,12-13(2)3)19-17(20)22/h6-8,11,13H,5,9-10,12H2,1-4H3,(H,19,22). The second-order valence-electron chi connectivity index (χ2n) is 6.67. The number of carbonyl (C=O) groups excluding carboxylic acids is 2. The van der Waals surface area contributed by atoms with E-state index in [-0.39, 0.29) is 18.5 Å². The maximum Gasteiger partial charge on any atom is 0.325 e. The average molecular weight is 318 g/mol. The molecule has 1 atom stereocenters. The van der Waals surface area contributed by atoms with Gasteiger partial charge in [-0.1, -0.05) is 32.9 Å². The molecule has 3 amide bonds. The summed E-state index contributed by atoms with van der Waals surface area (Å²) in [5.41, 5.74) is 0.398. The van der Waals surface area contributed by atoms with Gasteiger partial charge in [0.1, 0.15) is 17.9 Å². The number of benzene rings is 1. The summed E-state index contributed by atoms with van der Waals surface area (Å²) >= 11 is 0. The monoisotopic (exact) mass is 318 g/mol. The molecule has 0 spiro atoms. The number of nitrogens with zero attached hydrogens (tertiary/aromatic N) is 1. The normalized spacial score (nSPS) is 21.0. The lowest BCUT2D eigenvalue weighted by Crippen LogP contribution is -2.45. The maximum atomic E-state index is 12.5. The third-order valence-electron chi connectivity index (χ3n) is 4.05. The van der Waals surface area contributed by atoms with Crippen molar-refractivity contribution in [1.29, 1.82) is 0 Å². The molecule has 126 valence electrons. The van der Waals surface area contributed by atoms with Crippen molar-refractivity contribution in [2.24, 2.45) is 5.92 Å². The van der Waals surface area contributed by atoms with Gasteiger partial charge in [-0.2, -0.15) is 0 Å². The highest BCUT2D eigenvalue weighted by atomic mass is 16.5. The molecule has 2 rings (SSSR count). The fourth-order valence-electron chi connectivity index (χ4n) is 3.01. The Morgan fingerprint density at radius 1 is 1.30 bits per heavy atom. The molecule has 1 unspecified atom stereocenters. The lowest BCUT2D eigenvalue weighted by molar-refractivity contribution is -0.131. The third-order valence-corrected chi connectivity index (χ3v) is 4.05. The van der Waals surface area contributed by atoms with Crippen molar-refractivity contribution < 1.29 is 14.3 Å². The van der Waals surface area contributed by atoms with Crippen LogP contribution in [0.25, 0.3) is 0 Å². The zero-order valence-corrected chi connectivity index (χ0v) is 14.4. The van der Waals surface area contributed by atoms with E-state index in [1.54, 1.807) is 6.92 Å². The molecule has 0 aliphatic carbocycles. The van der Waals surface area contributed by atoms with E-state index >= 15 is 0 Å². The van der Waals surface area contributed by atoms with E-state index in [0.29, 0.717) is 18.9 Å². The Kier molecular flexibility index (Phi) is 5.29. The molecule has 1 saturated heterocycles. The van der Waals surface area contributed by atoms with Crippen molar-refractivity contribution in [2.75, 3.05) is 13.2 Å². The second-order valence-corrected chi connectivity index (χ2v) is 6.67. The first-order valence-corrected chi connectivity index (χ1v) is 8.21. The minimum Gasteiger partial charge on any atom is -0.492 e. The van der Waals surface area contributed by atoms with Gasteiger partial charge < -0.3 is 10.1 Å². The van der Waals surface area contributed by atoms with Crippen LogP contribution in [0.1, 0.15) is 39.7 Å². The highest BCUT2D eigenvalue weighted by Gasteiger charge is 2.47. The molecule has 1 aromatic carbocycles. The first kappa shape index (κ1) is 17.3. The Labute approximate surface area is 138 Å². The molecular formula is C18H26N2O3. The number of rotatable bonds is 7. The lowest BCUT2D eigenvalue weighted by atomic mass is 9.91. The summed E-state index contributed by atoms with van der Waals surface area (Å²) in [6.45, 7) is 8.51. The maximum absolute atomic E-state index is 12.5. The van der Waals surface area contributed by atoms with Gasteiger partial charge in [0.15, 0.2) is 0 Å². The minimum absolute atomic E-state index is 0.165. The van der Waals surface area contributed by atoms with E-state index in [1.165, 1.54) is 10.5 Å². The van der Waals surface area contributed by atoms with Crippen LogP contribution in [0, 0.1) is 5.92 Å². The molecule has 1 aliphatic heterocycles. The molecule has 0 aromatic heterocycles. The van der Waals surface area contributed by atoms with E-state index in [2.05, 4.69) is 12.2 Å². The van der Waals surface area contributed by atoms with Crippen LogP contribution >= 0.6 is 0 Å². The first-order chi connectivity index (χ1) is 10.9. The van der Waals surface area contributed by atoms with Crippen molar-refractivity contribution in [3.05, 3.63) is 29.8 Å². The topological polar surface area (TPSA) is 58.6 Å². The molecule has 1 N–H and O–H groups in total. The predicted octanol–water partition coefficient (Wildman–Crippen LogP) is 2.98. The predicted molar refractivity (Wildman–Crippen MR) is 89.4 cm³/mol. The van der Waals surface area contributed by atoms with Gasteiger partial charge in [-0.05, 0) is 43.4 Å². The van der Waals surface area contributed by atoms with Crippen LogP contribution in [0.2, 0.25) is 0 Å². The van der Waals surface area contributed by atoms with Crippen molar-refractivity contribution >= 4 is 11.9 Å². The van der Waals surface area contributed by atoms with Gasteiger partial charge in [0.2, 0.25) is 0 Å². The van der Waals surface area contributed by atoms with E-state index in [9.17, 15) is 9.59 Å². The van der Waals surface area contributed by atoms with Gasteiger partial charge in [-0.25, -0.2) is 4.79 Å². The molecule has 1 fully saturated rings. The Balaban J connectivity index is 1.92. The van der Waals surface area contributed by atoms with E-state index in [1.807, 2.05) is 38.1 Å². The van der Waals surface area contributed by atoms with Gasteiger partial charge in [-0.3, -0.25) is 9.69 Å². The molecular weight excluding hydrogens is 292 g/mol. The highest BCUT2D eigenvalue weighted by molar-refractivity contribution is 6.06. The molecule has 1 aliphatic rings. The number of hydrogen-bond acceptors (Lipinski definition) is 3. The van der Waals surface area contributed by atoms with Gasteiger partial charge >= 0.3 is 6.03 Å². The average Bonchev–Trinajstić information content (AvgIpc) is 2.69. The van der Waals surface area contributed by atoms with Crippen LogP contribution in [0.5, 0.6) is 5.75 Å². The molecule has 5 nitrogen and oxygen atoms in total. The van der Waals surface area contributed by atoms with Crippen LogP contribution in [0.4, 0.5) is 4.79 Å². The summed E-state index contributed by atoms with van der Waals surface area (Å²) in [6, 6.07) is 7.52. The highest BCUT2D eigenvalue weighted by Crippen LogP contribution is 2.24. The Bertz CT molecular complexity index is 585. The summed E-state index contributed by atoms with van der Waals surface area (Å²) in [6.07, 6.45) is 1.57. The minimum atomic E-state index is -0.798. The molecule has 0 bridgehead atoms. The van der Waals surface area contributed by atoms with Crippen molar-refractivity contribution in [3.63, 3.8) is 0 Å². The molecule has 0 radical (unpaired) electrons. The largest absolute Gasteiger partial charge is 0.492 e. The molecule has 23 heavy (non-hydrogen) atoms. The van der Waals surface area contributed by atoms with Crippen LogP contribution in [-0.2, 0) is 11.2 Å². The number of urea groups is 1. The van der Waals surface area contributed by atoms with E-state index < -0.39 is 5.54 Å². The number of ether oxygens (including phenoxy) is 1. The SMILES string of the molecule is CCc1cccc(OCCN2C(=O)NC(C)(CC(C)C)C2=O)c1. The number of carbonyl (C=O) groups is 2. The summed E-state index contributed by atoms with van der Waals surface area (Å²) < 4.78 is 5.68. The Hall–Kier alpha value is -2.04. The Morgan fingerprint density at radius 3 is 2.70 bits per heavy atom. The fourth-order valence-corrected chi connectivity index (χ4v) is 3.01. The van der Waals surface area contributed by atoms with Crippen molar-refractivity contribution in [2.45, 2.75) is 46.1 Å². The Morgan fingerprint density at radius 2 is 2.04 bits per heavy atom. The summed E-state index contributed by atoms with van der Waals surface area (Å²) in [5, 5.41) is 2.81. The zero-order valence-electron chi connectivity index (χ0n) is 14.4. The fraction of sp³-hybridized carbons (Fsp3) is 0.556. The first-order valence-electron chi connectivity index (χ1n) is 8.21. The van der Waals surface area contributed by atoms with Gasteiger partial charge in [0, 0.05) is 0 Å². The smallest absolute Gasteiger partial charge is 0.325 e. The molecule has 1 aromatic rings. The van der Waals surface area contributed by atoms with Crippen LogP contribution in [0.15, 0.2) is 24.3 Å². The molecule has 1 heterocycles. The van der Waals surface area contributed by atoms with Crippen LogP contribution < -0.4 is 10.1 Å². The second kappa shape index (κ2) is 7.02. The van der Waals surface area contributed by atoms with E-state index in [0.717, 1.165) is 12.2 Å². The number of imide groups is 1. The van der Waals surface area contributed by atoms with Crippen LogP contribution in [-0.4, -0.2) is 35.5 Å². The van der Waals surface area contributed by atoms with Gasteiger partial charge in [0.05, 0.1) is 6.54 Å². The van der Waals surface area contributed by atoms with Gasteiger partial charge in [0.25, 0.3) is 5.91 Å². The van der Waals surface area contributed by atoms with Crippen molar-refractivity contribution in [3.8, 4) is 5.75 Å². The third kappa shape index (κ3) is 4.03. The quantitative estimate of drug-likeness (QED) is 0.786. The van der Waals surface area contributed by atoms with Crippen molar-refractivity contribution in [1.82, 2.24) is 10.2 Å². The summed E-state index contributed by atoms with van der Waals surface area (Å²) in [7, 11) is 0. The van der Waals surface area contributed by atoms with E-state index in [4.69, 9.17) is 4.74 Å². The summed E-state index contributed by atoms with van der Waals surface area (Å²) in [5.74, 6) is 0.931. The van der Waals surface area contributed by atoms with Crippen LogP contribution in [0.3, 0.4) is 0 Å². The zero-order chi connectivity index (χ0) is 17.0. The number of hydrogen-bond donors (Lipinski definition) is 1.